The molecule has 1 aliphatic heterocycles. The molecule has 1 heterocycles. The molecular weight excluding hydrogens is 351 g/mol. The molecule has 0 atom stereocenters. The molecule has 0 aliphatic carbocycles. The van der Waals surface area contributed by atoms with E-state index in [0.29, 0.717) is 3.57 Å². The molecule has 1 saturated heterocycles. The van der Waals surface area contributed by atoms with Crippen LogP contribution in [0.4, 0.5) is 0 Å². The van der Waals surface area contributed by atoms with E-state index in [4.69, 9.17) is 0 Å². The fraction of sp³-hybridized carbons (Fsp3) is 0.182. The Morgan fingerprint density at radius 2 is 1.89 bits per heavy atom. The summed E-state index contributed by atoms with van der Waals surface area (Å²) in [6.07, 6.45) is 0. The van der Waals surface area contributed by atoms with Gasteiger partial charge in [0.2, 0.25) is 11.8 Å². The number of carbonyl (C=O) groups is 3. The smallest absolute Gasteiger partial charge is 0.254 e. The molecule has 7 heteroatoms. The van der Waals surface area contributed by atoms with Gasteiger partial charge in [0.1, 0.15) is 18.8 Å². The Hall–Kier alpha value is -1.64. The summed E-state index contributed by atoms with van der Waals surface area (Å²) in [4.78, 5) is 35.5. The molecule has 18 heavy (non-hydrogen) atoms. The first-order chi connectivity index (χ1) is 8.47. The predicted octanol–water partition coefficient (Wildman–Crippen LogP) is 0.0954. The van der Waals surface area contributed by atoms with Crippen LogP contribution in [0.2, 0.25) is 0 Å². The maximum absolute atomic E-state index is 12.0. The number of hydrogen-bond acceptors (Lipinski definition) is 4. The van der Waals surface area contributed by atoms with Crippen molar-refractivity contribution in [2.45, 2.75) is 0 Å². The van der Waals surface area contributed by atoms with E-state index >= 15 is 0 Å². The summed E-state index contributed by atoms with van der Waals surface area (Å²) >= 11 is 1.93. The number of imide groups is 1. The van der Waals surface area contributed by atoms with E-state index in [0.717, 1.165) is 4.90 Å². The maximum atomic E-state index is 12.0. The van der Waals surface area contributed by atoms with E-state index in [-0.39, 0.29) is 24.4 Å². The third-order valence-electron chi connectivity index (χ3n) is 2.43. The van der Waals surface area contributed by atoms with E-state index in [9.17, 15) is 19.5 Å². The zero-order valence-electron chi connectivity index (χ0n) is 9.14. The van der Waals surface area contributed by atoms with Crippen molar-refractivity contribution in [3.63, 3.8) is 0 Å². The summed E-state index contributed by atoms with van der Waals surface area (Å²) in [5.41, 5.74) is 0.246. The van der Waals surface area contributed by atoms with Gasteiger partial charge >= 0.3 is 0 Å². The van der Waals surface area contributed by atoms with Crippen LogP contribution in [0.25, 0.3) is 0 Å². The Bertz CT molecular complexity index is 528. The second kappa shape index (κ2) is 4.92. The molecule has 6 nitrogen and oxygen atoms in total. The number of aromatic hydroxyl groups is 1. The molecule has 0 unspecified atom stereocenters. The molecule has 1 aromatic rings. The molecule has 1 aliphatic rings. The number of halogens is 1. The van der Waals surface area contributed by atoms with Crippen molar-refractivity contribution in [1.29, 1.82) is 0 Å². The minimum Gasteiger partial charge on any atom is -0.507 e. The van der Waals surface area contributed by atoms with Crippen LogP contribution in [-0.4, -0.2) is 40.8 Å². The molecule has 0 bridgehead atoms. The maximum Gasteiger partial charge on any atom is 0.254 e. The van der Waals surface area contributed by atoms with Crippen LogP contribution < -0.4 is 5.32 Å². The molecule has 3 amide bonds. The van der Waals surface area contributed by atoms with E-state index in [1.54, 1.807) is 12.1 Å². The lowest BCUT2D eigenvalue weighted by atomic mass is 10.1. The number of piperazine rings is 1. The molecule has 94 valence electrons. The summed E-state index contributed by atoms with van der Waals surface area (Å²) in [5, 5.41) is 11.6. The van der Waals surface area contributed by atoms with Crippen LogP contribution in [-0.2, 0) is 9.59 Å². The lowest BCUT2D eigenvalue weighted by molar-refractivity contribution is -0.135. The van der Waals surface area contributed by atoms with Crippen LogP contribution in [0.5, 0.6) is 5.75 Å². The summed E-state index contributed by atoms with van der Waals surface area (Å²) in [5.74, 6) is -1.47. The van der Waals surface area contributed by atoms with Crippen molar-refractivity contribution in [2.75, 3.05) is 13.1 Å². The lowest BCUT2D eigenvalue weighted by Gasteiger charge is -2.25. The average Bonchev–Trinajstić information content (AvgIpc) is 2.30. The highest BCUT2D eigenvalue weighted by Crippen LogP contribution is 2.21. The van der Waals surface area contributed by atoms with Crippen molar-refractivity contribution in [3.05, 3.63) is 27.3 Å². The van der Waals surface area contributed by atoms with Crippen LogP contribution in [0, 0.1) is 3.57 Å². The van der Waals surface area contributed by atoms with E-state index in [1.807, 2.05) is 22.6 Å². The van der Waals surface area contributed by atoms with Crippen molar-refractivity contribution >= 4 is 40.3 Å². The number of carbonyl (C=O) groups excluding carboxylic acids is 3. The molecule has 2 rings (SSSR count). The van der Waals surface area contributed by atoms with Gasteiger partial charge in [-0.25, -0.2) is 0 Å². The fourth-order valence-electron chi connectivity index (χ4n) is 1.61. The molecule has 0 aromatic heterocycles. The minimum absolute atomic E-state index is 0.00534. The first-order valence-corrected chi connectivity index (χ1v) is 6.15. The molecule has 1 fully saturated rings. The van der Waals surface area contributed by atoms with Crippen LogP contribution in [0.15, 0.2) is 18.2 Å². The number of hydrogen-bond donors (Lipinski definition) is 2. The number of nitrogens with zero attached hydrogens (tertiary/aromatic N) is 1. The SMILES string of the molecule is O=C1CN(C(=O)c2ccc(I)c(O)c2)CC(=O)N1. The topological polar surface area (TPSA) is 86.7 Å². The van der Waals surface area contributed by atoms with Gasteiger partial charge in [-0.15, -0.1) is 0 Å². The Morgan fingerprint density at radius 3 is 2.44 bits per heavy atom. The van der Waals surface area contributed by atoms with Gasteiger partial charge in [0.15, 0.2) is 0 Å². The number of phenols is 1. The van der Waals surface area contributed by atoms with Gasteiger partial charge in [-0.05, 0) is 40.8 Å². The third kappa shape index (κ3) is 2.61. The Kier molecular flexibility index (Phi) is 3.50. The predicted molar refractivity (Wildman–Crippen MR) is 69.9 cm³/mol. The second-order valence-corrected chi connectivity index (χ2v) is 4.96. The quantitative estimate of drug-likeness (QED) is 0.549. The van der Waals surface area contributed by atoms with Gasteiger partial charge in [0.05, 0.1) is 3.57 Å². The monoisotopic (exact) mass is 360 g/mol. The van der Waals surface area contributed by atoms with Crippen LogP contribution in [0.3, 0.4) is 0 Å². The summed E-state index contributed by atoms with van der Waals surface area (Å²) in [7, 11) is 0. The molecular formula is C11H9IN2O4. The number of amides is 3. The number of benzene rings is 1. The van der Waals surface area contributed by atoms with Gasteiger partial charge in [0.25, 0.3) is 5.91 Å². The standard InChI is InChI=1S/C11H9IN2O4/c12-7-2-1-6(3-8(7)15)11(18)14-4-9(16)13-10(17)5-14/h1-3,15H,4-5H2,(H,13,16,17). The van der Waals surface area contributed by atoms with Gasteiger partial charge in [-0.2, -0.15) is 0 Å². The Balaban J connectivity index is 2.22. The summed E-state index contributed by atoms with van der Waals surface area (Å²) < 4.78 is 0.622. The second-order valence-electron chi connectivity index (χ2n) is 3.80. The Morgan fingerprint density at radius 1 is 1.28 bits per heavy atom. The highest BCUT2D eigenvalue weighted by Gasteiger charge is 2.27. The highest BCUT2D eigenvalue weighted by atomic mass is 127. The highest BCUT2D eigenvalue weighted by molar-refractivity contribution is 14.1. The van der Waals surface area contributed by atoms with Gasteiger partial charge in [-0.1, -0.05) is 0 Å². The first kappa shape index (κ1) is 12.8. The summed E-state index contributed by atoms with van der Waals surface area (Å²) in [6, 6.07) is 4.46. The van der Waals surface area contributed by atoms with Crippen LogP contribution in [0.1, 0.15) is 10.4 Å². The van der Waals surface area contributed by atoms with Crippen molar-refractivity contribution in [3.8, 4) is 5.75 Å². The third-order valence-corrected chi connectivity index (χ3v) is 3.34. The largest absolute Gasteiger partial charge is 0.507 e. The van der Waals surface area contributed by atoms with Gasteiger partial charge < -0.3 is 10.0 Å². The average molecular weight is 360 g/mol. The number of rotatable bonds is 1. The van der Waals surface area contributed by atoms with Crippen molar-refractivity contribution < 1.29 is 19.5 Å². The van der Waals surface area contributed by atoms with E-state index in [1.165, 1.54) is 6.07 Å². The van der Waals surface area contributed by atoms with E-state index in [2.05, 4.69) is 5.32 Å². The van der Waals surface area contributed by atoms with Crippen molar-refractivity contribution in [1.82, 2.24) is 10.2 Å². The van der Waals surface area contributed by atoms with Gasteiger partial charge in [-0.3, -0.25) is 19.7 Å². The zero-order chi connectivity index (χ0) is 13.3. The normalized spacial score (nSPS) is 15.5. The summed E-state index contributed by atoms with van der Waals surface area (Å²) in [6.45, 7) is -0.311. The van der Waals surface area contributed by atoms with Crippen LogP contribution >= 0.6 is 22.6 Å². The number of nitrogens with one attached hydrogen (secondary N) is 1. The zero-order valence-corrected chi connectivity index (χ0v) is 11.3. The van der Waals surface area contributed by atoms with E-state index < -0.39 is 17.7 Å². The first-order valence-electron chi connectivity index (χ1n) is 5.08. The minimum atomic E-state index is -0.505. The Labute approximate surface area is 116 Å². The fourth-order valence-corrected chi connectivity index (χ4v) is 1.94. The molecule has 1 aromatic carbocycles. The van der Waals surface area contributed by atoms with Crippen molar-refractivity contribution in [2.24, 2.45) is 0 Å². The van der Waals surface area contributed by atoms with Gasteiger partial charge in [0, 0.05) is 5.56 Å². The molecule has 0 spiro atoms. The molecule has 2 N–H and O–H groups in total. The molecule has 0 saturated carbocycles. The molecule has 0 radical (unpaired) electrons. The lowest BCUT2D eigenvalue weighted by Crippen LogP contribution is -2.53. The number of phenolic OH excluding ortho intramolecular Hbond substituents is 1.